The number of amides is 1. The summed E-state index contributed by atoms with van der Waals surface area (Å²) in [6, 6.07) is 10.0. The highest BCUT2D eigenvalue weighted by Gasteiger charge is 2.25. The van der Waals surface area contributed by atoms with Gasteiger partial charge in [0.25, 0.3) is 0 Å². The highest BCUT2D eigenvalue weighted by atomic mass is 32.2. The van der Waals surface area contributed by atoms with E-state index in [1.807, 2.05) is 49.1 Å². The Kier molecular flexibility index (Phi) is 4.64. The Morgan fingerprint density at radius 2 is 2.00 bits per heavy atom. The molecule has 3 rings (SSSR count). The first-order valence-electron chi connectivity index (χ1n) is 7.53. The van der Waals surface area contributed by atoms with Crippen molar-refractivity contribution in [3.63, 3.8) is 0 Å². The summed E-state index contributed by atoms with van der Waals surface area (Å²) < 4.78 is 5.68. The third-order valence-electron chi connectivity index (χ3n) is 3.72. The maximum Gasteiger partial charge on any atom is 0.233 e. The van der Waals surface area contributed by atoms with Crippen molar-refractivity contribution >= 4 is 28.6 Å². The van der Waals surface area contributed by atoms with Crippen LogP contribution in [0.5, 0.6) is 0 Å². The first-order chi connectivity index (χ1) is 10.6. The van der Waals surface area contributed by atoms with Crippen LogP contribution >= 0.6 is 11.8 Å². The van der Waals surface area contributed by atoms with Gasteiger partial charge >= 0.3 is 0 Å². The van der Waals surface area contributed by atoms with Crippen molar-refractivity contribution in [1.29, 1.82) is 0 Å². The van der Waals surface area contributed by atoms with Gasteiger partial charge in [0.2, 0.25) is 5.91 Å². The van der Waals surface area contributed by atoms with Crippen LogP contribution in [0.4, 0.5) is 0 Å². The number of aromatic nitrogens is 1. The maximum atomic E-state index is 12.4. The van der Waals surface area contributed by atoms with Gasteiger partial charge < -0.3 is 9.64 Å². The van der Waals surface area contributed by atoms with Crippen LogP contribution in [0.3, 0.4) is 0 Å². The average molecular weight is 316 g/mol. The molecule has 2 atom stereocenters. The summed E-state index contributed by atoms with van der Waals surface area (Å²) in [5.74, 6) is 0.606. The quantitative estimate of drug-likeness (QED) is 0.817. The van der Waals surface area contributed by atoms with Gasteiger partial charge in [-0.3, -0.25) is 9.78 Å². The lowest BCUT2D eigenvalue weighted by atomic mass is 10.2. The number of thioether (sulfide) groups is 1. The number of carbonyl (C=O) groups excluding carboxylic acids is 1. The molecule has 1 aliphatic rings. The zero-order chi connectivity index (χ0) is 15.5. The van der Waals surface area contributed by atoms with E-state index in [1.165, 1.54) is 0 Å². The van der Waals surface area contributed by atoms with Gasteiger partial charge in [-0.25, -0.2) is 0 Å². The molecule has 2 heterocycles. The maximum absolute atomic E-state index is 12.4. The van der Waals surface area contributed by atoms with Gasteiger partial charge in [-0.15, -0.1) is 11.8 Å². The summed E-state index contributed by atoms with van der Waals surface area (Å²) in [4.78, 5) is 19.8. The number of rotatable bonds is 3. The van der Waals surface area contributed by atoms with E-state index >= 15 is 0 Å². The molecule has 1 saturated heterocycles. The molecule has 1 aromatic carbocycles. The van der Waals surface area contributed by atoms with Crippen LogP contribution in [-0.4, -0.2) is 46.8 Å². The molecule has 1 aromatic heterocycles. The van der Waals surface area contributed by atoms with Crippen LogP contribution < -0.4 is 0 Å². The minimum atomic E-state index is 0.108. The zero-order valence-corrected chi connectivity index (χ0v) is 13.7. The molecule has 1 fully saturated rings. The number of hydrogen-bond acceptors (Lipinski definition) is 4. The molecule has 1 aliphatic heterocycles. The summed E-state index contributed by atoms with van der Waals surface area (Å²) in [7, 11) is 0. The van der Waals surface area contributed by atoms with Gasteiger partial charge in [-0.1, -0.05) is 18.2 Å². The Labute approximate surface area is 134 Å². The highest BCUT2D eigenvalue weighted by Crippen LogP contribution is 2.26. The average Bonchev–Trinajstić information content (AvgIpc) is 2.51. The second-order valence-corrected chi connectivity index (χ2v) is 6.69. The summed E-state index contributed by atoms with van der Waals surface area (Å²) in [5, 5.41) is 1.11. The van der Waals surface area contributed by atoms with Crippen molar-refractivity contribution in [1.82, 2.24) is 9.88 Å². The third kappa shape index (κ3) is 3.42. The van der Waals surface area contributed by atoms with E-state index in [4.69, 9.17) is 4.74 Å². The van der Waals surface area contributed by atoms with E-state index in [1.54, 1.807) is 18.0 Å². The number of nitrogens with zero attached hydrogens (tertiary/aromatic N) is 2. The topological polar surface area (TPSA) is 42.4 Å². The molecular weight excluding hydrogens is 296 g/mol. The Balaban J connectivity index is 1.67. The number of benzene rings is 1. The molecule has 0 N–H and O–H groups in total. The summed E-state index contributed by atoms with van der Waals surface area (Å²) >= 11 is 1.56. The number of morpholine rings is 1. The molecule has 2 aromatic rings. The molecule has 0 saturated carbocycles. The minimum Gasteiger partial charge on any atom is -0.372 e. The van der Waals surface area contributed by atoms with Crippen LogP contribution in [0.25, 0.3) is 10.9 Å². The van der Waals surface area contributed by atoms with Crippen LogP contribution in [0, 0.1) is 0 Å². The standard InChI is InChI=1S/C17H20N2O2S/c1-12-9-19(10-13(2)21-12)16(20)11-22-15-7-3-5-14-6-4-8-18-17(14)15/h3-8,12-13H,9-11H2,1-2H3. The van der Waals surface area contributed by atoms with E-state index in [0.29, 0.717) is 18.8 Å². The SMILES string of the molecule is CC1CN(C(=O)CSc2cccc3cccnc23)CC(C)O1. The molecule has 0 aliphatic carbocycles. The van der Waals surface area contributed by atoms with Crippen LogP contribution in [0.15, 0.2) is 41.4 Å². The number of carbonyl (C=O) groups is 1. The molecule has 0 radical (unpaired) electrons. The summed E-state index contributed by atoms with van der Waals surface area (Å²) in [5.41, 5.74) is 0.964. The molecule has 0 bridgehead atoms. The lowest BCUT2D eigenvalue weighted by Gasteiger charge is -2.35. The summed E-state index contributed by atoms with van der Waals surface area (Å²) in [6.07, 6.45) is 2.01. The predicted molar refractivity (Wildman–Crippen MR) is 89.1 cm³/mol. The van der Waals surface area contributed by atoms with Crippen molar-refractivity contribution in [2.45, 2.75) is 31.0 Å². The fourth-order valence-electron chi connectivity index (χ4n) is 2.80. The van der Waals surface area contributed by atoms with Gasteiger partial charge in [-0.05, 0) is 26.0 Å². The molecular formula is C17H20N2O2S. The molecule has 4 nitrogen and oxygen atoms in total. The minimum absolute atomic E-state index is 0.108. The van der Waals surface area contributed by atoms with Gasteiger partial charge in [0, 0.05) is 29.6 Å². The molecule has 5 heteroatoms. The van der Waals surface area contributed by atoms with E-state index in [0.717, 1.165) is 15.8 Å². The second-order valence-electron chi connectivity index (χ2n) is 5.68. The molecule has 0 spiro atoms. The van der Waals surface area contributed by atoms with Gasteiger partial charge in [0.05, 0.1) is 23.5 Å². The summed E-state index contributed by atoms with van der Waals surface area (Å²) in [6.45, 7) is 5.38. The number of hydrogen-bond donors (Lipinski definition) is 0. The number of pyridine rings is 1. The Morgan fingerprint density at radius 1 is 1.27 bits per heavy atom. The number of fused-ring (bicyclic) bond motifs is 1. The monoisotopic (exact) mass is 316 g/mol. The first kappa shape index (κ1) is 15.3. The van der Waals surface area contributed by atoms with Gasteiger partial charge in [0.15, 0.2) is 0 Å². The van der Waals surface area contributed by atoms with Gasteiger partial charge in [-0.2, -0.15) is 0 Å². The van der Waals surface area contributed by atoms with Crippen LogP contribution in [-0.2, 0) is 9.53 Å². The van der Waals surface area contributed by atoms with E-state index in [-0.39, 0.29) is 18.1 Å². The van der Waals surface area contributed by atoms with Gasteiger partial charge in [0.1, 0.15) is 0 Å². The van der Waals surface area contributed by atoms with Crippen molar-refractivity contribution in [3.8, 4) is 0 Å². The largest absolute Gasteiger partial charge is 0.372 e. The Morgan fingerprint density at radius 3 is 2.77 bits per heavy atom. The Bertz CT molecular complexity index is 661. The smallest absolute Gasteiger partial charge is 0.233 e. The second kappa shape index (κ2) is 6.67. The van der Waals surface area contributed by atoms with Crippen LogP contribution in [0.1, 0.15) is 13.8 Å². The molecule has 22 heavy (non-hydrogen) atoms. The van der Waals surface area contributed by atoms with E-state index in [2.05, 4.69) is 4.98 Å². The fourth-order valence-corrected chi connectivity index (χ4v) is 3.75. The molecule has 116 valence electrons. The third-order valence-corrected chi connectivity index (χ3v) is 4.75. The number of ether oxygens (including phenoxy) is 1. The molecule has 2 unspecified atom stereocenters. The zero-order valence-electron chi connectivity index (χ0n) is 12.9. The van der Waals surface area contributed by atoms with Crippen molar-refractivity contribution in [2.75, 3.05) is 18.8 Å². The lowest BCUT2D eigenvalue weighted by Crippen LogP contribution is -2.48. The van der Waals surface area contributed by atoms with E-state index in [9.17, 15) is 4.79 Å². The van der Waals surface area contributed by atoms with Crippen molar-refractivity contribution in [2.24, 2.45) is 0 Å². The first-order valence-corrected chi connectivity index (χ1v) is 8.52. The number of para-hydroxylation sites is 1. The van der Waals surface area contributed by atoms with E-state index < -0.39 is 0 Å². The normalized spacial score (nSPS) is 22.0. The molecule has 1 amide bonds. The van der Waals surface area contributed by atoms with Crippen molar-refractivity contribution in [3.05, 3.63) is 36.5 Å². The highest BCUT2D eigenvalue weighted by molar-refractivity contribution is 8.00. The fraction of sp³-hybridized carbons (Fsp3) is 0.412. The van der Waals surface area contributed by atoms with Crippen molar-refractivity contribution < 1.29 is 9.53 Å². The van der Waals surface area contributed by atoms with Crippen LogP contribution in [0.2, 0.25) is 0 Å². The Hall–Kier alpha value is -1.59. The lowest BCUT2D eigenvalue weighted by molar-refractivity contribution is -0.140. The predicted octanol–water partition coefficient (Wildman–Crippen LogP) is 2.96.